The first-order chi connectivity index (χ1) is 20.4. The van der Waals surface area contributed by atoms with E-state index in [2.05, 4.69) is 11.1 Å². The molecule has 0 radical (unpaired) electrons. The van der Waals surface area contributed by atoms with E-state index in [1.165, 1.54) is 37.4 Å². The van der Waals surface area contributed by atoms with Gasteiger partial charge in [-0.05, 0) is 66.2 Å². The Balaban J connectivity index is 1.45. The first-order valence-corrected chi connectivity index (χ1v) is 12.7. The standard InChI is InChI=1S/C31H23N5O6/c1-41-31(38)29-15-14-28(42-29)23-6-10-25(11-7-23)35(30(37)24-8-12-26(13-9-24)36(39)40)19-27-17-33-20-34(27)18-22-4-2-21(16-32)3-5-22/h2-15,17,20H,18-19H2,1H3. The molecule has 0 aliphatic carbocycles. The molecule has 11 heteroatoms. The van der Waals surface area contributed by atoms with Crippen molar-refractivity contribution in [3.05, 3.63) is 136 Å². The zero-order chi connectivity index (χ0) is 29.6. The van der Waals surface area contributed by atoms with Crippen LogP contribution in [0.4, 0.5) is 11.4 Å². The van der Waals surface area contributed by atoms with Gasteiger partial charge in [0, 0.05) is 41.7 Å². The number of nitro benzene ring substituents is 1. The normalized spacial score (nSPS) is 10.6. The van der Waals surface area contributed by atoms with Gasteiger partial charge < -0.3 is 18.6 Å². The van der Waals surface area contributed by atoms with Crippen molar-refractivity contribution >= 4 is 23.3 Å². The number of imidazole rings is 1. The Morgan fingerprint density at radius 2 is 1.74 bits per heavy atom. The Bertz CT molecular complexity index is 1780. The summed E-state index contributed by atoms with van der Waals surface area (Å²) in [6, 6.07) is 24.9. The molecule has 0 aliphatic rings. The number of rotatable bonds is 9. The molecule has 5 aromatic rings. The van der Waals surface area contributed by atoms with Crippen LogP contribution in [-0.4, -0.2) is 33.5 Å². The maximum absolute atomic E-state index is 13.8. The highest BCUT2D eigenvalue weighted by molar-refractivity contribution is 6.06. The second kappa shape index (κ2) is 12.0. The van der Waals surface area contributed by atoms with Gasteiger partial charge in [-0.15, -0.1) is 0 Å². The number of benzene rings is 3. The van der Waals surface area contributed by atoms with Crippen LogP contribution in [0.3, 0.4) is 0 Å². The summed E-state index contributed by atoms with van der Waals surface area (Å²) in [4.78, 5) is 42.0. The molecule has 208 valence electrons. The molecule has 2 heterocycles. The number of anilines is 1. The summed E-state index contributed by atoms with van der Waals surface area (Å²) in [6.45, 7) is 0.624. The molecule has 0 saturated carbocycles. The molecule has 11 nitrogen and oxygen atoms in total. The van der Waals surface area contributed by atoms with E-state index >= 15 is 0 Å². The highest BCUT2D eigenvalue weighted by Crippen LogP contribution is 2.28. The first-order valence-electron chi connectivity index (χ1n) is 12.7. The Hall–Kier alpha value is -6.02. The molecule has 0 aliphatic heterocycles. The van der Waals surface area contributed by atoms with E-state index in [9.17, 15) is 19.7 Å². The van der Waals surface area contributed by atoms with E-state index in [1.807, 2.05) is 16.7 Å². The van der Waals surface area contributed by atoms with Crippen LogP contribution in [0.5, 0.6) is 0 Å². The Labute approximate surface area is 240 Å². The average molecular weight is 562 g/mol. The van der Waals surface area contributed by atoms with Gasteiger partial charge in [0.1, 0.15) is 5.76 Å². The van der Waals surface area contributed by atoms with E-state index < -0.39 is 10.9 Å². The zero-order valence-corrected chi connectivity index (χ0v) is 22.3. The van der Waals surface area contributed by atoms with Crippen LogP contribution in [0.15, 0.2) is 102 Å². The number of furan rings is 1. The van der Waals surface area contributed by atoms with Crippen molar-refractivity contribution in [2.75, 3.05) is 12.0 Å². The number of carbonyl (C=O) groups is 2. The van der Waals surface area contributed by atoms with Crippen LogP contribution in [0.2, 0.25) is 0 Å². The lowest BCUT2D eigenvalue weighted by atomic mass is 10.1. The largest absolute Gasteiger partial charge is 0.463 e. The Kier molecular flexibility index (Phi) is 7.88. The summed E-state index contributed by atoms with van der Waals surface area (Å²) in [5.41, 5.74) is 3.66. The van der Waals surface area contributed by atoms with Crippen LogP contribution >= 0.6 is 0 Å². The third kappa shape index (κ3) is 5.93. The Morgan fingerprint density at radius 3 is 2.38 bits per heavy atom. The maximum atomic E-state index is 13.8. The molecule has 3 aromatic carbocycles. The first kappa shape index (κ1) is 27.5. The van der Waals surface area contributed by atoms with Crippen LogP contribution in [-0.2, 0) is 17.8 Å². The number of amides is 1. The molecule has 0 atom stereocenters. The predicted molar refractivity (Wildman–Crippen MR) is 152 cm³/mol. The van der Waals surface area contributed by atoms with Gasteiger partial charge in [0.05, 0.1) is 42.2 Å². The van der Waals surface area contributed by atoms with Crippen LogP contribution in [0.25, 0.3) is 11.3 Å². The number of hydrogen-bond donors (Lipinski definition) is 0. The molecule has 1 amide bonds. The summed E-state index contributed by atoms with van der Waals surface area (Å²) in [7, 11) is 1.27. The number of nitro groups is 1. The van der Waals surface area contributed by atoms with Crippen molar-refractivity contribution in [1.29, 1.82) is 5.26 Å². The SMILES string of the molecule is COC(=O)c1ccc(-c2ccc(N(Cc3cncn3Cc3ccc(C#N)cc3)C(=O)c3ccc([N+](=O)[O-])cc3)cc2)o1. The average Bonchev–Trinajstić information content (AvgIpc) is 3.70. The molecule has 2 aromatic heterocycles. The Morgan fingerprint density at radius 1 is 1.02 bits per heavy atom. The molecule has 0 saturated heterocycles. The van der Waals surface area contributed by atoms with E-state index in [4.69, 9.17) is 14.4 Å². The summed E-state index contributed by atoms with van der Waals surface area (Å²) in [5, 5.41) is 20.2. The summed E-state index contributed by atoms with van der Waals surface area (Å²) < 4.78 is 12.2. The fraction of sp³-hybridized carbons (Fsp3) is 0.0968. The number of non-ortho nitro benzene ring substituents is 1. The third-order valence-electron chi connectivity index (χ3n) is 6.58. The lowest BCUT2D eigenvalue weighted by Gasteiger charge is -2.24. The number of nitrogens with zero attached hydrogens (tertiary/aromatic N) is 5. The van der Waals surface area contributed by atoms with E-state index in [0.29, 0.717) is 29.1 Å². The van der Waals surface area contributed by atoms with Gasteiger partial charge in [-0.2, -0.15) is 5.26 Å². The van der Waals surface area contributed by atoms with Crippen molar-refractivity contribution in [3.63, 3.8) is 0 Å². The van der Waals surface area contributed by atoms with Gasteiger partial charge >= 0.3 is 5.97 Å². The summed E-state index contributed by atoms with van der Waals surface area (Å²) >= 11 is 0. The molecule has 0 fully saturated rings. The number of methoxy groups -OCH3 is 1. The maximum Gasteiger partial charge on any atom is 0.373 e. The molecule has 0 bridgehead atoms. The van der Waals surface area contributed by atoms with Crippen molar-refractivity contribution < 1.29 is 23.7 Å². The van der Waals surface area contributed by atoms with Crippen LogP contribution < -0.4 is 4.90 Å². The van der Waals surface area contributed by atoms with Gasteiger partial charge in [0.15, 0.2) is 0 Å². The lowest BCUT2D eigenvalue weighted by molar-refractivity contribution is -0.384. The van der Waals surface area contributed by atoms with Gasteiger partial charge in [0.2, 0.25) is 5.76 Å². The fourth-order valence-corrected chi connectivity index (χ4v) is 4.34. The quantitative estimate of drug-likeness (QED) is 0.128. The molecule has 42 heavy (non-hydrogen) atoms. The summed E-state index contributed by atoms with van der Waals surface area (Å²) in [5.74, 6) is -0.428. The minimum absolute atomic E-state index is 0.0714. The van der Waals surface area contributed by atoms with Gasteiger partial charge in [-0.25, -0.2) is 9.78 Å². The van der Waals surface area contributed by atoms with Crippen molar-refractivity contribution in [2.45, 2.75) is 13.1 Å². The number of nitriles is 1. The van der Waals surface area contributed by atoms with Gasteiger partial charge in [-0.1, -0.05) is 12.1 Å². The molecule has 0 N–H and O–H groups in total. The van der Waals surface area contributed by atoms with Crippen molar-refractivity contribution in [1.82, 2.24) is 9.55 Å². The molecule has 0 spiro atoms. The predicted octanol–water partition coefficient (Wildman–Crippen LogP) is 5.60. The van der Waals surface area contributed by atoms with Gasteiger partial charge in [-0.3, -0.25) is 14.9 Å². The number of ether oxygens (including phenoxy) is 1. The summed E-state index contributed by atoms with van der Waals surface area (Å²) in [6.07, 6.45) is 3.34. The van der Waals surface area contributed by atoms with Gasteiger partial charge in [0.25, 0.3) is 11.6 Å². The molecule has 0 unspecified atom stereocenters. The monoisotopic (exact) mass is 561 g/mol. The zero-order valence-electron chi connectivity index (χ0n) is 22.3. The molecular weight excluding hydrogens is 538 g/mol. The number of aromatic nitrogens is 2. The second-order valence-electron chi connectivity index (χ2n) is 9.22. The van der Waals surface area contributed by atoms with Crippen LogP contribution in [0.1, 0.15) is 37.7 Å². The minimum atomic E-state index is -0.588. The van der Waals surface area contributed by atoms with Crippen molar-refractivity contribution in [2.24, 2.45) is 0 Å². The number of esters is 1. The third-order valence-corrected chi connectivity index (χ3v) is 6.58. The van der Waals surface area contributed by atoms with Crippen molar-refractivity contribution in [3.8, 4) is 17.4 Å². The molecular formula is C31H23N5O6. The highest BCUT2D eigenvalue weighted by Gasteiger charge is 2.22. The van der Waals surface area contributed by atoms with E-state index in [1.54, 1.807) is 59.9 Å². The minimum Gasteiger partial charge on any atom is -0.463 e. The lowest BCUT2D eigenvalue weighted by Crippen LogP contribution is -2.31. The number of carbonyl (C=O) groups excluding carboxylic acids is 2. The fourth-order valence-electron chi connectivity index (χ4n) is 4.34. The van der Waals surface area contributed by atoms with E-state index in [0.717, 1.165) is 11.3 Å². The smallest absolute Gasteiger partial charge is 0.373 e. The number of hydrogen-bond acceptors (Lipinski definition) is 8. The topological polar surface area (TPSA) is 144 Å². The highest BCUT2D eigenvalue weighted by atomic mass is 16.6. The molecule has 5 rings (SSSR count). The second-order valence-corrected chi connectivity index (χ2v) is 9.22. The van der Waals surface area contributed by atoms with Crippen LogP contribution in [0, 0.1) is 21.4 Å². The van der Waals surface area contributed by atoms with E-state index in [-0.39, 0.29) is 29.5 Å².